The predicted molar refractivity (Wildman–Crippen MR) is 64.4 cm³/mol. The first-order chi connectivity index (χ1) is 9.09. The minimum absolute atomic E-state index is 0.0111. The molecule has 0 aliphatic carbocycles. The Hall–Kier alpha value is -2.37. The van der Waals surface area contributed by atoms with Crippen LogP contribution >= 0.6 is 0 Å². The minimum Gasteiger partial charge on any atom is -0.508 e. The molecule has 1 fully saturated rings. The largest absolute Gasteiger partial charge is 0.508 e. The first-order valence-electron chi connectivity index (χ1n) is 6.02. The van der Waals surface area contributed by atoms with E-state index in [4.69, 9.17) is 0 Å². The van der Waals surface area contributed by atoms with Gasteiger partial charge in [-0.25, -0.2) is 0 Å². The maximum absolute atomic E-state index is 12.2. The Morgan fingerprint density at radius 1 is 1.26 bits per heavy atom. The summed E-state index contributed by atoms with van der Waals surface area (Å²) in [5.74, 6) is -1.08. The van der Waals surface area contributed by atoms with E-state index in [0.29, 0.717) is 17.7 Å². The molecule has 0 radical (unpaired) electrons. The third kappa shape index (κ3) is 1.68. The van der Waals surface area contributed by atoms with Crippen LogP contribution in [0.25, 0.3) is 0 Å². The number of phenols is 1. The van der Waals surface area contributed by atoms with Crippen LogP contribution in [0.2, 0.25) is 0 Å². The van der Waals surface area contributed by atoms with Crippen LogP contribution in [0.15, 0.2) is 18.2 Å². The number of phenolic OH excluding ortho intramolecular Hbond substituents is 1. The number of ketones is 1. The number of nitrogens with zero attached hydrogens (tertiary/aromatic N) is 1. The normalized spacial score (nSPS) is 22.4. The number of hydrogen-bond acceptors (Lipinski definition) is 4. The zero-order valence-corrected chi connectivity index (χ0v) is 10.0. The number of fused-ring (bicyclic) bond motifs is 1. The fourth-order valence-corrected chi connectivity index (χ4v) is 2.55. The number of rotatable bonds is 1. The molecule has 0 saturated carbocycles. The molecule has 2 amide bonds. The van der Waals surface area contributed by atoms with Gasteiger partial charge in [-0.05, 0) is 12.1 Å². The second kappa shape index (κ2) is 4.08. The summed E-state index contributed by atoms with van der Waals surface area (Å²) in [5, 5.41) is 12.3. The molecule has 19 heavy (non-hydrogen) atoms. The summed E-state index contributed by atoms with van der Waals surface area (Å²) in [6.07, 6.45) is 0.225. The molecule has 3 rings (SSSR count). The maximum Gasteiger partial charge on any atom is 0.255 e. The molecular formula is C13H12N2O4. The molecule has 2 N–H and O–H groups in total. The van der Waals surface area contributed by atoms with Gasteiger partial charge in [-0.15, -0.1) is 0 Å². The molecule has 2 aliphatic heterocycles. The Kier molecular flexibility index (Phi) is 2.51. The Morgan fingerprint density at radius 3 is 2.74 bits per heavy atom. The predicted octanol–water partition coefficient (Wildman–Crippen LogP) is -0.194. The lowest BCUT2D eigenvalue weighted by Gasteiger charge is -2.28. The third-order valence-electron chi connectivity index (χ3n) is 3.51. The van der Waals surface area contributed by atoms with E-state index in [-0.39, 0.29) is 30.4 Å². The summed E-state index contributed by atoms with van der Waals surface area (Å²) in [7, 11) is 0. The lowest BCUT2D eigenvalue weighted by atomic mass is 10.0. The summed E-state index contributed by atoms with van der Waals surface area (Å²) in [4.78, 5) is 37.1. The summed E-state index contributed by atoms with van der Waals surface area (Å²) in [6, 6.07) is 3.56. The molecule has 1 aromatic carbocycles. The quantitative estimate of drug-likeness (QED) is 0.685. The number of piperidine rings is 1. The van der Waals surface area contributed by atoms with Gasteiger partial charge >= 0.3 is 0 Å². The van der Waals surface area contributed by atoms with E-state index in [1.807, 2.05) is 0 Å². The lowest BCUT2D eigenvalue weighted by Crippen LogP contribution is -2.55. The maximum atomic E-state index is 12.2. The van der Waals surface area contributed by atoms with Crippen molar-refractivity contribution in [1.29, 1.82) is 0 Å². The van der Waals surface area contributed by atoms with Crippen LogP contribution in [-0.2, 0) is 16.1 Å². The van der Waals surface area contributed by atoms with Gasteiger partial charge < -0.3 is 15.3 Å². The zero-order valence-electron chi connectivity index (χ0n) is 10.0. The second-order valence-electron chi connectivity index (χ2n) is 4.65. The molecule has 0 aromatic heterocycles. The number of carbonyl (C=O) groups excluding carboxylic acids is 3. The molecular weight excluding hydrogens is 248 g/mol. The van der Waals surface area contributed by atoms with Crippen molar-refractivity contribution in [2.75, 3.05) is 6.54 Å². The highest BCUT2D eigenvalue weighted by molar-refractivity contribution is 6.12. The number of nitrogens with one attached hydrogen (secondary N) is 1. The highest BCUT2D eigenvalue weighted by Crippen LogP contribution is 2.31. The summed E-state index contributed by atoms with van der Waals surface area (Å²) < 4.78 is 0. The van der Waals surface area contributed by atoms with Gasteiger partial charge in [0.15, 0.2) is 11.8 Å². The van der Waals surface area contributed by atoms with Gasteiger partial charge in [-0.2, -0.15) is 0 Å². The number of Topliss-reactive ketones (excluding diaryl/α,β-unsaturated/α-hetero) is 1. The molecule has 0 spiro atoms. The fourth-order valence-electron chi connectivity index (χ4n) is 2.55. The number of aromatic hydroxyl groups is 1. The Morgan fingerprint density at radius 2 is 2.05 bits per heavy atom. The summed E-state index contributed by atoms with van der Waals surface area (Å²) >= 11 is 0. The highest BCUT2D eigenvalue weighted by atomic mass is 16.3. The van der Waals surface area contributed by atoms with Crippen LogP contribution in [0, 0.1) is 0 Å². The van der Waals surface area contributed by atoms with Crippen molar-refractivity contribution in [3.63, 3.8) is 0 Å². The molecule has 0 bridgehead atoms. The van der Waals surface area contributed by atoms with Gasteiger partial charge in [0, 0.05) is 24.1 Å². The van der Waals surface area contributed by atoms with Crippen molar-refractivity contribution in [3.8, 4) is 5.75 Å². The molecule has 6 heteroatoms. The Balaban J connectivity index is 1.97. The van der Waals surface area contributed by atoms with Crippen molar-refractivity contribution >= 4 is 17.6 Å². The van der Waals surface area contributed by atoms with Crippen molar-refractivity contribution in [2.24, 2.45) is 0 Å². The number of benzene rings is 1. The second-order valence-corrected chi connectivity index (χ2v) is 4.65. The van der Waals surface area contributed by atoms with Crippen LogP contribution in [-0.4, -0.2) is 40.2 Å². The first kappa shape index (κ1) is 11.7. The molecule has 6 nitrogen and oxygen atoms in total. The molecule has 2 aliphatic rings. The molecule has 1 aromatic rings. The third-order valence-corrected chi connectivity index (χ3v) is 3.51. The van der Waals surface area contributed by atoms with E-state index in [0.717, 1.165) is 0 Å². The number of carbonyl (C=O) groups is 3. The SMILES string of the molecule is O=C1CCNC(=O)C1N1Cc2c(O)cccc2C1=O. The smallest absolute Gasteiger partial charge is 0.255 e. The number of hydrogen-bond donors (Lipinski definition) is 2. The topological polar surface area (TPSA) is 86.7 Å². The van der Waals surface area contributed by atoms with Gasteiger partial charge in [0.05, 0.1) is 6.54 Å². The lowest BCUT2D eigenvalue weighted by molar-refractivity contribution is -0.137. The highest BCUT2D eigenvalue weighted by Gasteiger charge is 2.42. The van der Waals surface area contributed by atoms with Crippen molar-refractivity contribution in [2.45, 2.75) is 19.0 Å². The number of amides is 2. The van der Waals surface area contributed by atoms with Crippen molar-refractivity contribution in [3.05, 3.63) is 29.3 Å². The van der Waals surface area contributed by atoms with Crippen LogP contribution in [0.3, 0.4) is 0 Å². The van der Waals surface area contributed by atoms with E-state index in [2.05, 4.69) is 5.32 Å². The zero-order chi connectivity index (χ0) is 13.6. The molecule has 98 valence electrons. The molecule has 2 heterocycles. The monoisotopic (exact) mass is 260 g/mol. The van der Waals surface area contributed by atoms with E-state index >= 15 is 0 Å². The van der Waals surface area contributed by atoms with Crippen LogP contribution in [0.1, 0.15) is 22.3 Å². The van der Waals surface area contributed by atoms with E-state index in [1.165, 1.54) is 11.0 Å². The Labute approximate surface area is 109 Å². The summed E-state index contributed by atoms with van der Waals surface area (Å²) in [6.45, 7) is 0.402. The first-order valence-corrected chi connectivity index (χ1v) is 6.02. The fraction of sp³-hybridized carbons (Fsp3) is 0.308. The summed E-state index contributed by atoms with van der Waals surface area (Å²) in [5.41, 5.74) is 0.824. The van der Waals surface area contributed by atoms with Gasteiger partial charge in [0.2, 0.25) is 0 Å². The molecule has 1 unspecified atom stereocenters. The van der Waals surface area contributed by atoms with Crippen LogP contribution in [0.5, 0.6) is 5.75 Å². The van der Waals surface area contributed by atoms with Crippen LogP contribution in [0.4, 0.5) is 0 Å². The van der Waals surface area contributed by atoms with Crippen LogP contribution < -0.4 is 5.32 Å². The van der Waals surface area contributed by atoms with E-state index in [1.54, 1.807) is 12.1 Å². The van der Waals surface area contributed by atoms with Gasteiger partial charge in [-0.1, -0.05) is 6.07 Å². The van der Waals surface area contributed by atoms with Crippen molar-refractivity contribution < 1.29 is 19.5 Å². The average molecular weight is 260 g/mol. The minimum atomic E-state index is -1.08. The van der Waals surface area contributed by atoms with E-state index in [9.17, 15) is 19.5 Å². The molecule has 1 saturated heterocycles. The van der Waals surface area contributed by atoms with Crippen molar-refractivity contribution in [1.82, 2.24) is 10.2 Å². The van der Waals surface area contributed by atoms with Gasteiger partial charge in [0.1, 0.15) is 5.75 Å². The van der Waals surface area contributed by atoms with E-state index < -0.39 is 11.9 Å². The van der Waals surface area contributed by atoms with Gasteiger partial charge in [0.25, 0.3) is 11.8 Å². The average Bonchev–Trinajstić information content (AvgIpc) is 2.69. The van der Waals surface area contributed by atoms with Gasteiger partial charge in [-0.3, -0.25) is 14.4 Å². The standard InChI is InChI=1S/C13H12N2O4/c16-9-3-1-2-7-8(9)6-15(13(7)19)11-10(17)4-5-14-12(11)18/h1-3,11,16H,4-6H2,(H,14,18). The molecule has 1 atom stereocenters. The Bertz CT molecular complexity index is 580.